The summed E-state index contributed by atoms with van der Waals surface area (Å²) in [4.78, 5) is 0. The number of hydrogen-bond acceptors (Lipinski definition) is 2. The minimum absolute atomic E-state index is 0.499. The van der Waals surface area contributed by atoms with Gasteiger partial charge in [0.1, 0.15) is 0 Å². The van der Waals surface area contributed by atoms with Gasteiger partial charge in [0.05, 0.1) is 6.10 Å². The van der Waals surface area contributed by atoms with E-state index in [9.17, 15) is 0 Å². The lowest BCUT2D eigenvalue weighted by Gasteiger charge is -2.19. The Kier molecular flexibility index (Phi) is 6.85. The standard InChI is InChI=1S/C17H26ClNO/c1-2-19-13-15(8-9-17-7-4-10-20-17)11-14-5-3-6-16(18)12-14/h3,5-6,12,15,17,19H,2,4,7-11,13H2,1H3. The lowest BCUT2D eigenvalue weighted by molar-refractivity contribution is 0.0979. The lowest BCUT2D eigenvalue weighted by atomic mass is 9.93. The van der Waals surface area contributed by atoms with Crippen molar-refractivity contribution >= 4 is 11.6 Å². The number of benzene rings is 1. The topological polar surface area (TPSA) is 21.3 Å². The van der Waals surface area contributed by atoms with Crippen molar-refractivity contribution in [3.63, 3.8) is 0 Å². The molecule has 2 rings (SSSR count). The molecule has 3 heteroatoms. The Labute approximate surface area is 127 Å². The van der Waals surface area contributed by atoms with Crippen LogP contribution in [0.3, 0.4) is 0 Å². The van der Waals surface area contributed by atoms with E-state index in [1.807, 2.05) is 12.1 Å². The Bertz CT molecular complexity index is 390. The van der Waals surface area contributed by atoms with E-state index in [4.69, 9.17) is 16.3 Å². The molecule has 1 aliphatic heterocycles. The molecule has 2 nitrogen and oxygen atoms in total. The zero-order valence-corrected chi connectivity index (χ0v) is 13.2. The zero-order valence-electron chi connectivity index (χ0n) is 12.4. The van der Waals surface area contributed by atoms with E-state index in [1.165, 1.54) is 31.2 Å². The van der Waals surface area contributed by atoms with Crippen molar-refractivity contribution in [1.82, 2.24) is 5.32 Å². The predicted molar refractivity (Wildman–Crippen MR) is 85.4 cm³/mol. The van der Waals surface area contributed by atoms with Crippen LogP contribution in [-0.4, -0.2) is 25.8 Å². The van der Waals surface area contributed by atoms with E-state index < -0.39 is 0 Å². The maximum absolute atomic E-state index is 6.08. The maximum atomic E-state index is 6.08. The Morgan fingerprint density at radius 1 is 1.45 bits per heavy atom. The minimum Gasteiger partial charge on any atom is -0.378 e. The molecule has 1 aromatic rings. The van der Waals surface area contributed by atoms with Gasteiger partial charge in [-0.15, -0.1) is 0 Å². The van der Waals surface area contributed by atoms with Crippen LogP contribution in [0.15, 0.2) is 24.3 Å². The van der Waals surface area contributed by atoms with Crippen molar-refractivity contribution in [2.45, 2.75) is 45.1 Å². The van der Waals surface area contributed by atoms with Gasteiger partial charge in [0.15, 0.2) is 0 Å². The molecule has 0 amide bonds. The highest BCUT2D eigenvalue weighted by Gasteiger charge is 2.18. The van der Waals surface area contributed by atoms with Crippen LogP contribution in [0.4, 0.5) is 0 Å². The molecule has 0 radical (unpaired) electrons. The average Bonchev–Trinajstić information content (AvgIpc) is 2.95. The summed E-state index contributed by atoms with van der Waals surface area (Å²) >= 11 is 6.08. The van der Waals surface area contributed by atoms with Crippen LogP contribution >= 0.6 is 11.6 Å². The van der Waals surface area contributed by atoms with Gasteiger partial charge in [0.2, 0.25) is 0 Å². The van der Waals surface area contributed by atoms with Crippen LogP contribution in [0.2, 0.25) is 5.02 Å². The Hall–Kier alpha value is -0.570. The molecule has 1 aliphatic rings. The summed E-state index contributed by atoms with van der Waals surface area (Å²) in [6.45, 7) is 5.23. The van der Waals surface area contributed by atoms with Crippen LogP contribution in [0, 0.1) is 5.92 Å². The lowest BCUT2D eigenvalue weighted by Crippen LogP contribution is -2.25. The van der Waals surface area contributed by atoms with Crippen molar-refractivity contribution in [1.29, 1.82) is 0 Å². The first-order chi connectivity index (χ1) is 9.78. The van der Waals surface area contributed by atoms with Crippen molar-refractivity contribution in [2.75, 3.05) is 19.7 Å². The summed E-state index contributed by atoms with van der Waals surface area (Å²) in [6.07, 6.45) is 6.49. The second kappa shape index (κ2) is 8.66. The molecular weight excluding hydrogens is 270 g/mol. The van der Waals surface area contributed by atoms with Gasteiger partial charge in [-0.05, 0) is 68.8 Å². The van der Waals surface area contributed by atoms with Crippen LogP contribution in [0.25, 0.3) is 0 Å². The molecule has 20 heavy (non-hydrogen) atoms. The third-order valence-corrected chi connectivity index (χ3v) is 4.25. The summed E-state index contributed by atoms with van der Waals surface area (Å²) in [5, 5.41) is 4.32. The van der Waals surface area contributed by atoms with Crippen LogP contribution in [-0.2, 0) is 11.2 Å². The molecule has 112 valence electrons. The molecule has 1 saturated heterocycles. The van der Waals surface area contributed by atoms with Crippen LogP contribution in [0.5, 0.6) is 0 Å². The molecule has 1 heterocycles. The van der Waals surface area contributed by atoms with Gasteiger partial charge in [-0.1, -0.05) is 30.7 Å². The second-order valence-corrected chi connectivity index (χ2v) is 6.16. The molecule has 0 aliphatic carbocycles. The van der Waals surface area contributed by atoms with E-state index in [0.717, 1.165) is 31.1 Å². The van der Waals surface area contributed by atoms with E-state index in [-0.39, 0.29) is 0 Å². The number of nitrogens with one attached hydrogen (secondary N) is 1. The highest BCUT2D eigenvalue weighted by molar-refractivity contribution is 6.30. The molecular formula is C17H26ClNO. The third kappa shape index (κ3) is 5.43. The predicted octanol–water partition coefficient (Wildman–Crippen LogP) is 4.07. The first-order valence-electron chi connectivity index (χ1n) is 7.84. The van der Waals surface area contributed by atoms with E-state index >= 15 is 0 Å². The maximum Gasteiger partial charge on any atom is 0.0576 e. The molecule has 2 atom stereocenters. The van der Waals surface area contributed by atoms with Gasteiger partial charge in [0, 0.05) is 11.6 Å². The van der Waals surface area contributed by atoms with E-state index in [1.54, 1.807) is 0 Å². The molecule has 0 spiro atoms. The molecule has 0 saturated carbocycles. The summed E-state index contributed by atoms with van der Waals surface area (Å²) in [5.41, 5.74) is 1.34. The van der Waals surface area contributed by atoms with Crippen molar-refractivity contribution in [3.05, 3.63) is 34.9 Å². The number of rotatable bonds is 8. The summed E-state index contributed by atoms with van der Waals surface area (Å²) in [6, 6.07) is 8.25. The summed E-state index contributed by atoms with van der Waals surface area (Å²) < 4.78 is 5.74. The largest absolute Gasteiger partial charge is 0.378 e. The fourth-order valence-corrected chi connectivity index (χ4v) is 3.13. The SMILES string of the molecule is CCNCC(CCC1CCCO1)Cc1cccc(Cl)c1. The van der Waals surface area contributed by atoms with Gasteiger partial charge in [0.25, 0.3) is 0 Å². The van der Waals surface area contributed by atoms with Gasteiger partial charge in [-0.25, -0.2) is 0 Å². The van der Waals surface area contributed by atoms with E-state index in [2.05, 4.69) is 24.4 Å². The van der Waals surface area contributed by atoms with Crippen molar-refractivity contribution in [2.24, 2.45) is 5.92 Å². The van der Waals surface area contributed by atoms with Gasteiger partial charge in [-0.2, -0.15) is 0 Å². The minimum atomic E-state index is 0.499. The zero-order chi connectivity index (χ0) is 14.2. The van der Waals surface area contributed by atoms with Crippen LogP contribution in [0.1, 0.15) is 38.2 Å². The van der Waals surface area contributed by atoms with Gasteiger partial charge >= 0.3 is 0 Å². The Morgan fingerprint density at radius 2 is 2.35 bits per heavy atom. The summed E-state index contributed by atoms with van der Waals surface area (Å²) in [7, 11) is 0. The summed E-state index contributed by atoms with van der Waals surface area (Å²) in [5.74, 6) is 0.664. The van der Waals surface area contributed by atoms with Gasteiger partial charge < -0.3 is 10.1 Å². The number of hydrogen-bond donors (Lipinski definition) is 1. The normalized spacial score (nSPS) is 20.2. The number of ether oxygens (including phenoxy) is 1. The van der Waals surface area contributed by atoms with Crippen LogP contribution < -0.4 is 5.32 Å². The third-order valence-electron chi connectivity index (χ3n) is 4.02. The molecule has 1 N–H and O–H groups in total. The second-order valence-electron chi connectivity index (χ2n) is 5.72. The smallest absolute Gasteiger partial charge is 0.0576 e. The van der Waals surface area contributed by atoms with Gasteiger partial charge in [-0.3, -0.25) is 0 Å². The Balaban J connectivity index is 1.85. The molecule has 2 unspecified atom stereocenters. The molecule has 1 fully saturated rings. The first-order valence-corrected chi connectivity index (χ1v) is 8.22. The number of halogens is 1. The molecule has 0 bridgehead atoms. The van der Waals surface area contributed by atoms with Crippen molar-refractivity contribution < 1.29 is 4.74 Å². The van der Waals surface area contributed by atoms with E-state index in [0.29, 0.717) is 12.0 Å². The fourth-order valence-electron chi connectivity index (χ4n) is 2.92. The monoisotopic (exact) mass is 295 g/mol. The first kappa shape index (κ1) is 15.8. The highest BCUT2D eigenvalue weighted by Crippen LogP contribution is 2.22. The highest BCUT2D eigenvalue weighted by atomic mass is 35.5. The molecule has 0 aromatic heterocycles. The molecule has 1 aromatic carbocycles. The average molecular weight is 296 g/mol. The van der Waals surface area contributed by atoms with Crippen molar-refractivity contribution in [3.8, 4) is 0 Å². The fraction of sp³-hybridized carbons (Fsp3) is 0.647. The Morgan fingerprint density at radius 3 is 3.05 bits per heavy atom. The quantitative estimate of drug-likeness (QED) is 0.781.